The molecule has 0 N–H and O–H groups in total. The number of amides is 1. The molecule has 0 aromatic rings. The van der Waals surface area contributed by atoms with Gasteiger partial charge in [-0.15, -0.1) is 0 Å². The lowest BCUT2D eigenvalue weighted by atomic mass is 10.2. The third-order valence-electron chi connectivity index (χ3n) is 1.61. The van der Waals surface area contributed by atoms with Crippen LogP contribution in [0.1, 0.15) is 34.6 Å². The Morgan fingerprint density at radius 1 is 1.18 bits per heavy atom. The molecule has 1 amide bonds. The van der Waals surface area contributed by atoms with Crippen molar-refractivity contribution in [3.8, 4) is 0 Å². The Hall–Kier alpha value is -0.530. The normalized spacial score (nSPS) is 10.8. The topological polar surface area (TPSA) is 20.3 Å². The van der Waals surface area contributed by atoms with Gasteiger partial charge in [0.1, 0.15) is 0 Å². The maximum absolute atomic E-state index is 11.3. The SMILES string of the molecule is C[CH]C(=O)N(C(C)C)C(C)C. The monoisotopic (exact) mass is 156 g/mol. The Labute approximate surface area is 69.6 Å². The van der Waals surface area contributed by atoms with Crippen LogP contribution in [0.3, 0.4) is 0 Å². The summed E-state index contributed by atoms with van der Waals surface area (Å²) in [4.78, 5) is 13.1. The second kappa shape index (κ2) is 4.37. The van der Waals surface area contributed by atoms with Crippen LogP contribution in [-0.2, 0) is 4.79 Å². The highest BCUT2D eigenvalue weighted by Crippen LogP contribution is 2.06. The minimum atomic E-state index is 0.120. The quantitative estimate of drug-likeness (QED) is 0.610. The van der Waals surface area contributed by atoms with E-state index in [1.165, 1.54) is 0 Å². The van der Waals surface area contributed by atoms with Crippen LogP contribution in [0.25, 0.3) is 0 Å². The van der Waals surface area contributed by atoms with Crippen LogP contribution in [0.4, 0.5) is 0 Å². The molecule has 1 radical (unpaired) electrons. The molecular formula is C9H18NO. The molecule has 0 aliphatic rings. The molecule has 0 atom stereocenters. The van der Waals surface area contributed by atoms with Gasteiger partial charge in [-0.05, 0) is 27.7 Å². The second-order valence-corrected chi connectivity index (χ2v) is 3.22. The second-order valence-electron chi connectivity index (χ2n) is 3.22. The summed E-state index contributed by atoms with van der Waals surface area (Å²) in [6.45, 7) is 9.89. The van der Waals surface area contributed by atoms with Crippen molar-refractivity contribution < 1.29 is 4.79 Å². The summed E-state index contributed by atoms with van der Waals surface area (Å²) in [6, 6.07) is 0.581. The molecule has 0 heterocycles. The van der Waals surface area contributed by atoms with Gasteiger partial charge in [0.2, 0.25) is 5.91 Å². The van der Waals surface area contributed by atoms with Gasteiger partial charge in [0.25, 0.3) is 0 Å². The summed E-state index contributed by atoms with van der Waals surface area (Å²) in [6.07, 6.45) is 1.61. The first kappa shape index (κ1) is 10.5. The number of hydrogen-bond acceptors (Lipinski definition) is 1. The zero-order valence-electron chi connectivity index (χ0n) is 8.09. The van der Waals surface area contributed by atoms with Crippen molar-refractivity contribution in [3.05, 3.63) is 6.42 Å². The minimum absolute atomic E-state index is 0.120. The number of nitrogens with zero attached hydrogens (tertiary/aromatic N) is 1. The molecular weight excluding hydrogens is 138 g/mol. The molecule has 0 saturated carbocycles. The van der Waals surface area contributed by atoms with Crippen LogP contribution in [0.15, 0.2) is 0 Å². The third kappa shape index (κ3) is 2.91. The molecule has 2 heteroatoms. The number of carbonyl (C=O) groups is 1. The average molecular weight is 156 g/mol. The van der Waals surface area contributed by atoms with Gasteiger partial charge >= 0.3 is 0 Å². The lowest BCUT2D eigenvalue weighted by Crippen LogP contribution is -2.41. The average Bonchev–Trinajstić information content (AvgIpc) is 1.85. The van der Waals surface area contributed by atoms with E-state index in [-0.39, 0.29) is 5.91 Å². The van der Waals surface area contributed by atoms with E-state index in [4.69, 9.17) is 0 Å². The summed E-state index contributed by atoms with van der Waals surface area (Å²) in [5.41, 5.74) is 0. The molecule has 0 fully saturated rings. The lowest BCUT2D eigenvalue weighted by Gasteiger charge is -2.30. The molecule has 11 heavy (non-hydrogen) atoms. The van der Waals surface area contributed by atoms with Crippen LogP contribution in [0, 0.1) is 6.42 Å². The van der Waals surface area contributed by atoms with Crippen molar-refractivity contribution in [3.63, 3.8) is 0 Å². The van der Waals surface area contributed by atoms with Crippen LogP contribution < -0.4 is 0 Å². The molecule has 0 rings (SSSR count). The third-order valence-corrected chi connectivity index (χ3v) is 1.61. The molecule has 0 aliphatic heterocycles. The van der Waals surface area contributed by atoms with Gasteiger partial charge in [0.15, 0.2) is 0 Å². The zero-order chi connectivity index (χ0) is 9.02. The smallest absolute Gasteiger partial charge is 0.226 e. The molecule has 0 aromatic heterocycles. The van der Waals surface area contributed by atoms with Crippen LogP contribution in [0.5, 0.6) is 0 Å². The molecule has 0 saturated heterocycles. The minimum Gasteiger partial charge on any atom is -0.338 e. The van der Waals surface area contributed by atoms with E-state index in [0.717, 1.165) is 0 Å². The van der Waals surface area contributed by atoms with E-state index in [0.29, 0.717) is 12.1 Å². The summed E-state index contributed by atoms with van der Waals surface area (Å²) in [5, 5.41) is 0. The highest BCUT2D eigenvalue weighted by molar-refractivity contribution is 5.84. The van der Waals surface area contributed by atoms with Gasteiger partial charge in [-0.2, -0.15) is 0 Å². The van der Waals surface area contributed by atoms with E-state index in [2.05, 4.69) is 0 Å². The van der Waals surface area contributed by atoms with Crippen molar-refractivity contribution in [2.45, 2.75) is 46.7 Å². The lowest BCUT2D eigenvalue weighted by molar-refractivity contribution is -0.130. The predicted molar refractivity (Wildman–Crippen MR) is 47.1 cm³/mol. The van der Waals surface area contributed by atoms with Crippen molar-refractivity contribution in [2.75, 3.05) is 0 Å². The van der Waals surface area contributed by atoms with Gasteiger partial charge in [-0.3, -0.25) is 4.79 Å². The van der Waals surface area contributed by atoms with Crippen LogP contribution >= 0.6 is 0 Å². The first-order valence-electron chi connectivity index (χ1n) is 4.12. The van der Waals surface area contributed by atoms with Gasteiger partial charge in [0.05, 0.1) is 0 Å². The Balaban J connectivity index is 4.22. The standard InChI is InChI=1S/C9H18NO/c1-6-9(11)10(7(2)3)8(4)5/h6-8H,1-5H3. The van der Waals surface area contributed by atoms with Gasteiger partial charge in [0, 0.05) is 18.5 Å². The first-order chi connectivity index (χ1) is 5.00. The van der Waals surface area contributed by atoms with Crippen molar-refractivity contribution in [1.29, 1.82) is 0 Å². The van der Waals surface area contributed by atoms with E-state index >= 15 is 0 Å². The van der Waals surface area contributed by atoms with E-state index in [9.17, 15) is 4.79 Å². The zero-order valence-corrected chi connectivity index (χ0v) is 8.09. The molecule has 0 aromatic carbocycles. The van der Waals surface area contributed by atoms with Gasteiger partial charge < -0.3 is 4.90 Å². The highest BCUT2D eigenvalue weighted by atomic mass is 16.2. The highest BCUT2D eigenvalue weighted by Gasteiger charge is 2.17. The van der Waals surface area contributed by atoms with Crippen molar-refractivity contribution in [2.24, 2.45) is 0 Å². The predicted octanol–water partition coefficient (Wildman–Crippen LogP) is 1.86. The van der Waals surface area contributed by atoms with Crippen molar-refractivity contribution in [1.82, 2.24) is 4.90 Å². The van der Waals surface area contributed by atoms with Gasteiger partial charge in [-0.1, -0.05) is 6.92 Å². The maximum atomic E-state index is 11.3. The molecule has 65 valence electrons. The summed E-state index contributed by atoms with van der Waals surface area (Å²) >= 11 is 0. The molecule has 0 aliphatic carbocycles. The van der Waals surface area contributed by atoms with E-state index < -0.39 is 0 Å². The fourth-order valence-electron chi connectivity index (χ4n) is 1.25. The summed E-state index contributed by atoms with van der Waals surface area (Å²) in [7, 11) is 0. The number of carbonyl (C=O) groups excluding carboxylic acids is 1. The number of rotatable bonds is 3. The van der Waals surface area contributed by atoms with Crippen LogP contribution in [0.2, 0.25) is 0 Å². The molecule has 2 nitrogen and oxygen atoms in total. The fourth-order valence-corrected chi connectivity index (χ4v) is 1.25. The molecule has 0 spiro atoms. The summed E-state index contributed by atoms with van der Waals surface area (Å²) < 4.78 is 0. The summed E-state index contributed by atoms with van der Waals surface area (Å²) in [5.74, 6) is 0.120. The first-order valence-corrected chi connectivity index (χ1v) is 4.12. The van der Waals surface area contributed by atoms with Crippen molar-refractivity contribution >= 4 is 5.91 Å². The molecule has 0 bridgehead atoms. The number of hydrogen-bond donors (Lipinski definition) is 0. The molecule has 0 unspecified atom stereocenters. The fraction of sp³-hybridized carbons (Fsp3) is 0.778. The Morgan fingerprint density at radius 2 is 1.55 bits per heavy atom. The maximum Gasteiger partial charge on any atom is 0.226 e. The van der Waals surface area contributed by atoms with E-state index in [1.807, 2.05) is 32.6 Å². The van der Waals surface area contributed by atoms with E-state index in [1.54, 1.807) is 13.3 Å². The Kier molecular flexibility index (Phi) is 4.16. The Morgan fingerprint density at radius 3 is 1.64 bits per heavy atom. The van der Waals surface area contributed by atoms with Crippen LogP contribution in [-0.4, -0.2) is 22.9 Å². The van der Waals surface area contributed by atoms with Gasteiger partial charge in [-0.25, -0.2) is 0 Å². The largest absolute Gasteiger partial charge is 0.338 e. The Bertz CT molecular complexity index is 122.